The van der Waals surface area contributed by atoms with Crippen LogP contribution in [-0.2, 0) is 11.2 Å². The number of benzene rings is 1. The Kier molecular flexibility index (Phi) is 3.59. The predicted molar refractivity (Wildman–Crippen MR) is 76.0 cm³/mol. The molecule has 0 N–H and O–H groups in total. The quantitative estimate of drug-likeness (QED) is 0.816. The molecular formula is C15H19NOS. The highest BCUT2D eigenvalue weighted by Gasteiger charge is 2.26. The third-order valence-electron chi connectivity index (χ3n) is 4.04. The highest BCUT2D eigenvalue weighted by Crippen LogP contribution is 2.35. The number of carbonyl (C=O) groups is 1. The molecule has 3 rings (SSSR count). The van der Waals surface area contributed by atoms with Gasteiger partial charge in [-0.2, -0.15) is 11.8 Å². The van der Waals surface area contributed by atoms with Crippen LogP contribution in [0.2, 0.25) is 0 Å². The van der Waals surface area contributed by atoms with E-state index in [1.54, 1.807) is 0 Å². The van der Waals surface area contributed by atoms with Crippen LogP contribution in [0, 0.1) is 0 Å². The molecular weight excluding hydrogens is 242 g/mol. The van der Waals surface area contributed by atoms with E-state index in [4.69, 9.17) is 0 Å². The number of fused-ring (bicyclic) bond motifs is 1. The van der Waals surface area contributed by atoms with Crippen LogP contribution in [0.25, 0.3) is 0 Å². The van der Waals surface area contributed by atoms with Gasteiger partial charge in [-0.15, -0.1) is 0 Å². The molecule has 1 heterocycles. The van der Waals surface area contributed by atoms with Gasteiger partial charge in [-0.1, -0.05) is 24.3 Å². The number of hydrogen-bond acceptors (Lipinski definition) is 2. The van der Waals surface area contributed by atoms with Crippen LogP contribution < -0.4 is 0 Å². The molecule has 2 nitrogen and oxygen atoms in total. The molecule has 0 aromatic heterocycles. The van der Waals surface area contributed by atoms with Crippen LogP contribution in [0.1, 0.15) is 29.9 Å². The fraction of sp³-hybridized carbons (Fsp3) is 0.533. The van der Waals surface area contributed by atoms with Gasteiger partial charge in [-0.25, -0.2) is 0 Å². The summed E-state index contributed by atoms with van der Waals surface area (Å²) in [5, 5.41) is 0. The molecule has 0 spiro atoms. The van der Waals surface area contributed by atoms with Crippen LogP contribution in [0.5, 0.6) is 0 Å². The van der Waals surface area contributed by atoms with E-state index in [0.717, 1.165) is 37.4 Å². The van der Waals surface area contributed by atoms with Crippen molar-refractivity contribution >= 4 is 17.7 Å². The van der Waals surface area contributed by atoms with Gasteiger partial charge >= 0.3 is 0 Å². The minimum Gasteiger partial charge on any atom is -0.341 e. The van der Waals surface area contributed by atoms with Gasteiger partial charge in [0.25, 0.3) is 0 Å². The normalized spacial score (nSPS) is 22.9. The lowest BCUT2D eigenvalue weighted by Gasteiger charge is -2.27. The van der Waals surface area contributed by atoms with E-state index in [1.807, 2.05) is 11.8 Å². The molecule has 1 aromatic rings. The topological polar surface area (TPSA) is 20.3 Å². The van der Waals surface area contributed by atoms with E-state index in [9.17, 15) is 4.79 Å². The van der Waals surface area contributed by atoms with Crippen molar-refractivity contribution in [3.63, 3.8) is 0 Å². The second kappa shape index (κ2) is 5.35. The first kappa shape index (κ1) is 12.1. The third-order valence-corrected chi connectivity index (χ3v) is 4.98. The van der Waals surface area contributed by atoms with Gasteiger partial charge in [0.05, 0.1) is 0 Å². The Hall–Kier alpha value is -0.960. The fourth-order valence-corrected chi connectivity index (χ4v) is 3.91. The summed E-state index contributed by atoms with van der Waals surface area (Å²) in [6.45, 7) is 1.88. The van der Waals surface area contributed by atoms with E-state index >= 15 is 0 Å². The Bertz CT molecular complexity index is 440. The second-order valence-corrected chi connectivity index (χ2v) is 6.36. The van der Waals surface area contributed by atoms with Gasteiger partial charge in [0.2, 0.25) is 5.91 Å². The summed E-state index contributed by atoms with van der Waals surface area (Å²) in [7, 11) is 0. The number of nitrogens with zero attached hydrogens (tertiary/aromatic N) is 1. The van der Waals surface area contributed by atoms with E-state index in [2.05, 4.69) is 29.2 Å². The highest BCUT2D eigenvalue weighted by atomic mass is 32.2. The number of rotatable bonds is 2. The molecule has 1 aliphatic heterocycles. The van der Waals surface area contributed by atoms with Crippen molar-refractivity contribution in [1.82, 2.24) is 4.90 Å². The maximum absolute atomic E-state index is 12.3. The lowest BCUT2D eigenvalue weighted by molar-refractivity contribution is -0.131. The maximum Gasteiger partial charge on any atom is 0.223 e. The molecule has 1 fully saturated rings. The average Bonchev–Trinajstić information content (AvgIpc) is 2.83. The monoisotopic (exact) mass is 261 g/mol. The third kappa shape index (κ3) is 2.41. The minimum atomic E-state index is 0.358. The Morgan fingerprint density at radius 3 is 2.89 bits per heavy atom. The number of aryl methyl sites for hydroxylation is 1. The molecule has 1 aliphatic carbocycles. The summed E-state index contributed by atoms with van der Waals surface area (Å²) in [5.74, 6) is 3.03. The Morgan fingerprint density at radius 2 is 2.06 bits per heavy atom. The SMILES string of the molecule is O=C(CC1CCc2ccccc21)N1CCSCC1. The van der Waals surface area contributed by atoms with Gasteiger partial charge in [0.1, 0.15) is 0 Å². The van der Waals surface area contributed by atoms with Crippen LogP contribution in [0.3, 0.4) is 0 Å². The van der Waals surface area contributed by atoms with E-state index in [-0.39, 0.29) is 0 Å². The lowest BCUT2D eigenvalue weighted by Crippen LogP contribution is -2.38. The summed E-state index contributed by atoms with van der Waals surface area (Å²) in [6, 6.07) is 8.60. The van der Waals surface area contributed by atoms with Crippen molar-refractivity contribution < 1.29 is 4.79 Å². The zero-order valence-electron chi connectivity index (χ0n) is 10.6. The summed E-state index contributed by atoms with van der Waals surface area (Å²) in [6.07, 6.45) is 3.00. The van der Waals surface area contributed by atoms with Gasteiger partial charge < -0.3 is 4.90 Å². The predicted octanol–water partition coefficient (Wildman–Crippen LogP) is 2.68. The lowest BCUT2D eigenvalue weighted by atomic mass is 9.97. The van der Waals surface area contributed by atoms with Crippen LogP contribution >= 0.6 is 11.8 Å². The van der Waals surface area contributed by atoms with E-state index < -0.39 is 0 Å². The molecule has 1 unspecified atom stereocenters. The van der Waals surface area contributed by atoms with Crippen LogP contribution in [0.4, 0.5) is 0 Å². The molecule has 1 saturated heterocycles. The molecule has 96 valence electrons. The molecule has 0 saturated carbocycles. The highest BCUT2D eigenvalue weighted by molar-refractivity contribution is 7.99. The number of amides is 1. The molecule has 1 amide bonds. The van der Waals surface area contributed by atoms with Crippen molar-refractivity contribution in [2.24, 2.45) is 0 Å². The van der Waals surface area contributed by atoms with E-state index in [0.29, 0.717) is 18.2 Å². The molecule has 1 aromatic carbocycles. The fourth-order valence-electron chi connectivity index (χ4n) is 3.01. The summed E-state index contributed by atoms with van der Waals surface area (Å²) in [5.41, 5.74) is 2.86. The number of thioether (sulfide) groups is 1. The second-order valence-electron chi connectivity index (χ2n) is 5.13. The summed E-state index contributed by atoms with van der Waals surface area (Å²) < 4.78 is 0. The molecule has 0 bridgehead atoms. The first-order chi connectivity index (χ1) is 8.84. The van der Waals surface area contributed by atoms with Gasteiger partial charge in [0, 0.05) is 31.0 Å². The zero-order chi connectivity index (χ0) is 12.4. The zero-order valence-corrected chi connectivity index (χ0v) is 11.4. The van der Waals surface area contributed by atoms with Crippen molar-refractivity contribution in [2.75, 3.05) is 24.6 Å². The van der Waals surface area contributed by atoms with Gasteiger partial charge in [-0.05, 0) is 29.9 Å². The first-order valence-corrected chi connectivity index (χ1v) is 7.93. The minimum absolute atomic E-state index is 0.358. The molecule has 0 radical (unpaired) electrons. The Morgan fingerprint density at radius 1 is 1.28 bits per heavy atom. The van der Waals surface area contributed by atoms with Crippen LogP contribution in [0.15, 0.2) is 24.3 Å². The Balaban J connectivity index is 1.65. The van der Waals surface area contributed by atoms with Gasteiger partial charge in [0.15, 0.2) is 0 Å². The number of hydrogen-bond donors (Lipinski definition) is 0. The standard InChI is InChI=1S/C15H19NOS/c17-15(16-7-9-18-10-8-16)11-13-6-5-12-3-1-2-4-14(12)13/h1-4,13H,5-11H2. The van der Waals surface area contributed by atoms with Crippen molar-refractivity contribution in [3.05, 3.63) is 35.4 Å². The molecule has 2 aliphatic rings. The average molecular weight is 261 g/mol. The first-order valence-electron chi connectivity index (χ1n) is 6.78. The molecule has 1 atom stereocenters. The molecule has 3 heteroatoms. The summed E-state index contributed by atoms with van der Waals surface area (Å²) >= 11 is 1.95. The van der Waals surface area contributed by atoms with Crippen molar-refractivity contribution in [1.29, 1.82) is 0 Å². The van der Waals surface area contributed by atoms with Crippen LogP contribution in [-0.4, -0.2) is 35.4 Å². The van der Waals surface area contributed by atoms with Gasteiger partial charge in [-0.3, -0.25) is 4.79 Å². The summed E-state index contributed by atoms with van der Waals surface area (Å²) in [4.78, 5) is 14.3. The Labute approximate surface area is 113 Å². The maximum atomic E-state index is 12.3. The number of carbonyl (C=O) groups excluding carboxylic acids is 1. The molecule has 18 heavy (non-hydrogen) atoms. The smallest absolute Gasteiger partial charge is 0.223 e. The van der Waals surface area contributed by atoms with Crippen molar-refractivity contribution in [3.8, 4) is 0 Å². The largest absolute Gasteiger partial charge is 0.341 e. The van der Waals surface area contributed by atoms with E-state index in [1.165, 1.54) is 11.1 Å². The van der Waals surface area contributed by atoms with Crippen molar-refractivity contribution in [2.45, 2.75) is 25.2 Å².